The maximum atomic E-state index is 6.12. The summed E-state index contributed by atoms with van der Waals surface area (Å²) in [6.07, 6.45) is 3.15. The van der Waals surface area contributed by atoms with Gasteiger partial charge in [0.2, 0.25) is 0 Å². The molecule has 1 aliphatic rings. The molecule has 0 unspecified atom stereocenters. The van der Waals surface area contributed by atoms with Gasteiger partial charge in [0.1, 0.15) is 9.86 Å². The van der Waals surface area contributed by atoms with Crippen LogP contribution < -0.4 is 0 Å². The Kier molecular flexibility index (Phi) is 5.56. The van der Waals surface area contributed by atoms with Gasteiger partial charge in [0.15, 0.2) is 5.16 Å². The summed E-state index contributed by atoms with van der Waals surface area (Å²) >= 11 is 5.40. The van der Waals surface area contributed by atoms with Crippen LogP contribution in [0, 0.1) is 0 Å². The molecule has 0 aromatic carbocycles. The summed E-state index contributed by atoms with van der Waals surface area (Å²) in [5.41, 5.74) is 1.38. The van der Waals surface area contributed by atoms with Gasteiger partial charge < -0.3 is 4.74 Å². The highest BCUT2D eigenvalue weighted by molar-refractivity contribution is 8.00. The van der Waals surface area contributed by atoms with Crippen molar-refractivity contribution in [3.05, 3.63) is 10.4 Å². The maximum absolute atomic E-state index is 6.12. The Morgan fingerprint density at radius 1 is 1.22 bits per heavy atom. The standard InChI is InChI=1S/C17H24N2OS3/c1-5-8-22-16-18-14(21-7-3)13-11-9-17(4,6-2)20-10-12(11)23-15(13)19-16/h5-10H2,1-4H3/t17-/m1/s1. The number of thiophene rings is 1. The van der Waals surface area contributed by atoms with E-state index in [1.54, 1.807) is 23.1 Å². The number of hydrogen-bond acceptors (Lipinski definition) is 6. The SMILES string of the molecule is CCCSc1nc(SCC)c2c3c(sc2n1)CO[C@](C)(CC)C3. The van der Waals surface area contributed by atoms with Crippen LogP contribution in [0.3, 0.4) is 0 Å². The summed E-state index contributed by atoms with van der Waals surface area (Å²) in [7, 11) is 0. The summed E-state index contributed by atoms with van der Waals surface area (Å²) in [6, 6.07) is 0. The van der Waals surface area contributed by atoms with Gasteiger partial charge in [0, 0.05) is 22.4 Å². The first-order valence-electron chi connectivity index (χ1n) is 8.32. The Balaban J connectivity index is 2.09. The van der Waals surface area contributed by atoms with Crippen molar-refractivity contribution in [1.82, 2.24) is 9.97 Å². The van der Waals surface area contributed by atoms with E-state index in [9.17, 15) is 0 Å². The third-order valence-electron chi connectivity index (χ3n) is 4.25. The third kappa shape index (κ3) is 3.55. The molecule has 0 fully saturated rings. The van der Waals surface area contributed by atoms with Crippen LogP contribution in [0.15, 0.2) is 10.2 Å². The third-order valence-corrected chi connectivity index (χ3v) is 7.26. The predicted octanol–water partition coefficient (Wildman–Crippen LogP) is 5.55. The average molecular weight is 369 g/mol. The van der Waals surface area contributed by atoms with Crippen LogP contribution in [0.2, 0.25) is 0 Å². The smallest absolute Gasteiger partial charge is 0.190 e. The van der Waals surface area contributed by atoms with Crippen molar-refractivity contribution in [2.75, 3.05) is 11.5 Å². The fraction of sp³-hybridized carbons (Fsp3) is 0.647. The van der Waals surface area contributed by atoms with E-state index in [2.05, 4.69) is 27.7 Å². The molecule has 1 atom stereocenters. The quantitative estimate of drug-likeness (QED) is 0.379. The van der Waals surface area contributed by atoms with E-state index in [0.717, 1.165) is 45.8 Å². The highest BCUT2D eigenvalue weighted by atomic mass is 32.2. The van der Waals surface area contributed by atoms with Crippen LogP contribution >= 0.6 is 34.9 Å². The van der Waals surface area contributed by atoms with Crippen molar-refractivity contribution in [2.24, 2.45) is 0 Å². The van der Waals surface area contributed by atoms with Gasteiger partial charge in [-0.2, -0.15) is 0 Å². The minimum atomic E-state index is -0.0508. The van der Waals surface area contributed by atoms with Gasteiger partial charge in [-0.05, 0) is 31.1 Å². The number of aromatic nitrogens is 2. The molecule has 0 N–H and O–H groups in total. The minimum absolute atomic E-state index is 0.0508. The first-order valence-corrected chi connectivity index (χ1v) is 11.1. The first kappa shape index (κ1) is 17.5. The van der Waals surface area contributed by atoms with Gasteiger partial charge in [-0.25, -0.2) is 9.97 Å². The van der Waals surface area contributed by atoms with Crippen LogP contribution in [0.1, 0.15) is 51.0 Å². The first-order chi connectivity index (χ1) is 11.1. The molecule has 0 aliphatic carbocycles. The predicted molar refractivity (Wildman–Crippen MR) is 102 cm³/mol. The number of ether oxygens (including phenoxy) is 1. The molecule has 3 heterocycles. The van der Waals surface area contributed by atoms with Gasteiger partial charge in [-0.15, -0.1) is 23.1 Å². The summed E-state index contributed by atoms with van der Waals surface area (Å²) < 4.78 is 6.12. The topological polar surface area (TPSA) is 35.0 Å². The van der Waals surface area contributed by atoms with Crippen LogP contribution in [-0.4, -0.2) is 27.1 Å². The molecular weight excluding hydrogens is 344 g/mol. The molecular formula is C17H24N2OS3. The molecule has 0 amide bonds. The van der Waals surface area contributed by atoms with Crippen molar-refractivity contribution in [3.63, 3.8) is 0 Å². The lowest BCUT2D eigenvalue weighted by Crippen LogP contribution is -2.33. The van der Waals surface area contributed by atoms with Crippen LogP contribution in [0.5, 0.6) is 0 Å². The Morgan fingerprint density at radius 2 is 2.04 bits per heavy atom. The maximum Gasteiger partial charge on any atom is 0.190 e. The number of fused-ring (bicyclic) bond motifs is 3. The number of nitrogens with zero attached hydrogens (tertiary/aromatic N) is 2. The molecule has 126 valence electrons. The molecule has 0 saturated carbocycles. The molecule has 2 aromatic heterocycles. The summed E-state index contributed by atoms with van der Waals surface area (Å²) in [6.45, 7) is 9.53. The van der Waals surface area contributed by atoms with Crippen molar-refractivity contribution in [2.45, 2.75) is 69.3 Å². The molecule has 0 radical (unpaired) electrons. The Morgan fingerprint density at radius 3 is 2.74 bits per heavy atom. The molecule has 3 rings (SSSR count). The van der Waals surface area contributed by atoms with Crippen molar-refractivity contribution >= 4 is 45.1 Å². The van der Waals surface area contributed by atoms with Crippen molar-refractivity contribution in [3.8, 4) is 0 Å². The lowest BCUT2D eigenvalue weighted by molar-refractivity contribution is -0.0543. The number of thioether (sulfide) groups is 2. The highest BCUT2D eigenvalue weighted by Crippen LogP contribution is 2.43. The van der Waals surface area contributed by atoms with Gasteiger partial charge in [-0.3, -0.25) is 0 Å². The van der Waals surface area contributed by atoms with E-state index in [-0.39, 0.29) is 5.60 Å². The Labute approximate surface area is 151 Å². The lowest BCUT2D eigenvalue weighted by Gasteiger charge is -2.33. The van der Waals surface area contributed by atoms with E-state index >= 15 is 0 Å². The number of rotatable bonds is 6. The Bertz CT molecular complexity index is 701. The molecule has 0 spiro atoms. The summed E-state index contributed by atoms with van der Waals surface area (Å²) in [5, 5.41) is 3.38. The molecule has 6 heteroatoms. The second kappa shape index (κ2) is 7.30. The van der Waals surface area contributed by atoms with E-state index < -0.39 is 0 Å². The largest absolute Gasteiger partial charge is 0.369 e. The van der Waals surface area contributed by atoms with Crippen LogP contribution in [0.4, 0.5) is 0 Å². The van der Waals surface area contributed by atoms with Gasteiger partial charge in [0.25, 0.3) is 0 Å². The monoisotopic (exact) mass is 368 g/mol. The van der Waals surface area contributed by atoms with Crippen LogP contribution in [0.25, 0.3) is 10.2 Å². The zero-order valence-corrected chi connectivity index (χ0v) is 16.7. The summed E-state index contributed by atoms with van der Waals surface area (Å²) in [5.74, 6) is 2.11. The minimum Gasteiger partial charge on any atom is -0.369 e. The molecule has 1 aliphatic heterocycles. The van der Waals surface area contributed by atoms with Crippen LogP contribution in [-0.2, 0) is 17.8 Å². The van der Waals surface area contributed by atoms with E-state index in [4.69, 9.17) is 14.7 Å². The normalized spacial score (nSPS) is 20.9. The summed E-state index contributed by atoms with van der Waals surface area (Å²) in [4.78, 5) is 12.2. The van der Waals surface area contributed by atoms with E-state index in [1.165, 1.54) is 15.8 Å². The van der Waals surface area contributed by atoms with Gasteiger partial charge >= 0.3 is 0 Å². The fourth-order valence-electron chi connectivity index (χ4n) is 2.75. The Hall–Kier alpha value is -0.300. The van der Waals surface area contributed by atoms with Gasteiger partial charge in [0.05, 0.1) is 12.2 Å². The highest BCUT2D eigenvalue weighted by Gasteiger charge is 2.33. The number of hydrogen-bond donors (Lipinski definition) is 0. The van der Waals surface area contributed by atoms with Crippen molar-refractivity contribution in [1.29, 1.82) is 0 Å². The lowest BCUT2D eigenvalue weighted by atomic mass is 9.90. The fourth-order valence-corrected chi connectivity index (χ4v) is 5.52. The van der Waals surface area contributed by atoms with E-state index in [1.807, 2.05) is 11.8 Å². The molecule has 23 heavy (non-hydrogen) atoms. The zero-order chi connectivity index (χ0) is 16.4. The molecule has 3 nitrogen and oxygen atoms in total. The molecule has 0 bridgehead atoms. The second-order valence-electron chi connectivity index (χ2n) is 6.05. The zero-order valence-electron chi connectivity index (χ0n) is 14.3. The van der Waals surface area contributed by atoms with Crippen molar-refractivity contribution < 1.29 is 4.74 Å². The van der Waals surface area contributed by atoms with E-state index in [0.29, 0.717) is 6.61 Å². The molecule has 2 aromatic rings. The van der Waals surface area contributed by atoms with Gasteiger partial charge in [-0.1, -0.05) is 32.5 Å². The second-order valence-corrected chi connectivity index (χ2v) is 9.44. The average Bonchev–Trinajstić information content (AvgIpc) is 2.90. The molecule has 0 saturated heterocycles.